The molecule has 2 N–H and O–H groups in total. The number of hydrogen-bond donors (Lipinski definition) is 2. The van der Waals surface area contributed by atoms with Crippen LogP contribution in [0.25, 0.3) is 0 Å². The van der Waals surface area contributed by atoms with E-state index in [1.54, 1.807) is 0 Å². The van der Waals surface area contributed by atoms with Crippen molar-refractivity contribution < 1.29 is 4.79 Å². The summed E-state index contributed by atoms with van der Waals surface area (Å²) in [5.41, 5.74) is 2.11. The third kappa shape index (κ3) is 5.88. The van der Waals surface area contributed by atoms with Crippen LogP contribution in [0.15, 0.2) is 36.0 Å². The quantitative estimate of drug-likeness (QED) is 0.351. The van der Waals surface area contributed by atoms with Crippen molar-refractivity contribution in [3.63, 3.8) is 0 Å². The maximum absolute atomic E-state index is 11.7. The molecule has 0 aliphatic heterocycles. The Morgan fingerprint density at radius 3 is 2.57 bits per heavy atom. The number of nitrogens with one attached hydrogen (secondary N) is 2. The monoisotopic (exact) mass is 305 g/mol. The second-order valence-corrected chi connectivity index (χ2v) is 5.27. The number of benzene rings is 1. The van der Waals surface area contributed by atoms with Crippen LogP contribution in [0.3, 0.4) is 0 Å². The summed E-state index contributed by atoms with van der Waals surface area (Å²) in [6, 6.07) is 9.77. The van der Waals surface area contributed by atoms with Gasteiger partial charge < -0.3 is 10.6 Å². The second kappa shape index (κ2) is 9.04. The van der Waals surface area contributed by atoms with Crippen LogP contribution in [-0.4, -0.2) is 18.3 Å². The number of hydrogen-bond acceptors (Lipinski definition) is 3. The number of carbonyl (C=O) groups excluding carboxylic acids is 1. The Labute approximate surface area is 130 Å². The van der Waals surface area contributed by atoms with Gasteiger partial charge in [-0.15, -0.1) is 11.6 Å². The molecule has 21 heavy (non-hydrogen) atoms. The minimum absolute atomic E-state index is 0.0394. The van der Waals surface area contributed by atoms with Crippen molar-refractivity contribution in [2.24, 2.45) is 0 Å². The molecule has 112 valence electrons. The van der Waals surface area contributed by atoms with E-state index in [1.165, 1.54) is 11.8 Å². The molecule has 0 aliphatic rings. The van der Waals surface area contributed by atoms with E-state index in [4.69, 9.17) is 16.9 Å². The highest BCUT2D eigenvalue weighted by atomic mass is 35.5. The topological polar surface area (TPSA) is 64.9 Å². The van der Waals surface area contributed by atoms with Crippen LogP contribution in [-0.2, 0) is 4.79 Å². The Morgan fingerprint density at radius 2 is 2.05 bits per heavy atom. The van der Waals surface area contributed by atoms with Crippen LogP contribution in [0.5, 0.6) is 0 Å². The van der Waals surface area contributed by atoms with Crippen molar-refractivity contribution in [3.05, 3.63) is 41.6 Å². The lowest BCUT2D eigenvalue weighted by Crippen LogP contribution is -2.26. The van der Waals surface area contributed by atoms with Crippen LogP contribution in [0.1, 0.15) is 31.7 Å². The molecule has 4 nitrogen and oxygen atoms in total. The maximum atomic E-state index is 11.7. The molecule has 0 radical (unpaired) electrons. The summed E-state index contributed by atoms with van der Waals surface area (Å²) in [7, 11) is 0. The Hall–Kier alpha value is -1.99. The number of nitriles is 1. The van der Waals surface area contributed by atoms with E-state index in [9.17, 15) is 4.79 Å². The number of rotatable bonds is 7. The summed E-state index contributed by atoms with van der Waals surface area (Å²) >= 11 is 5.53. The fourth-order valence-corrected chi connectivity index (χ4v) is 1.77. The van der Waals surface area contributed by atoms with Crippen LogP contribution in [0, 0.1) is 11.3 Å². The molecule has 0 bridgehead atoms. The zero-order chi connectivity index (χ0) is 15.7. The molecule has 0 saturated carbocycles. The molecule has 0 unspecified atom stereocenters. The third-order valence-corrected chi connectivity index (χ3v) is 3.19. The average Bonchev–Trinajstić information content (AvgIpc) is 2.48. The Balaban J connectivity index is 2.63. The lowest BCUT2D eigenvalue weighted by molar-refractivity contribution is -0.117. The van der Waals surface area contributed by atoms with E-state index in [-0.39, 0.29) is 5.57 Å². The van der Waals surface area contributed by atoms with E-state index < -0.39 is 5.91 Å². The SMILES string of the molecule is CC(C)c1ccc(N/C=C(/C#N)C(=O)NCCCCl)cc1. The highest BCUT2D eigenvalue weighted by Crippen LogP contribution is 2.17. The fourth-order valence-electron chi connectivity index (χ4n) is 1.63. The number of halogens is 1. The number of anilines is 1. The van der Waals surface area contributed by atoms with Crippen LogP contribution < -0.4 is 10.6 Å². The highest BCUT2D eigenvalue weighted by Gasteiger charge is 2.07. The van der Waals surface area contributed by atoms with E-state index in [0.29, 0.717) is 24.8 Å². The molecule has 5 heteroatoms. The lowest BCUT2D eigenvalue weighted by atomic mass is 10.0. The summed E-state index contributed by atoms with van der Waals surface area (Å²) in [6.45, 7) is 4.72. The normalized spacial score (nSPS) is 11.1. The fraction of sp³-hybridized carbons (Fsp3) is 0.375. The molecule has 1 amide bonds. The summed E-state index contributed by atoms with van der Waals surface area (Å²) in [6.07, 6.45) is 2.09. The standard InChI is InChI=1S/C16H20ClN3O/c1-12(2)13-4-6-15(7-5-13)20-11-14(10-18)16(21)19-9-3-8-17/h4-7,11-12,20H,3,8-9H2,1-2H3,(H,19,21)/b14-11-. The van der Waals surface area contributed by atoms with Gasteiger partial charge in [-0.05, 0) is 30.0 Å². The van der Waals surface area contributed by atoms with Crippen molar-refractivity contribution in [1.29, 1.82) is 5.26 Å². The molecule has 1 rings (SSSR count). The van der Waals surface area contributed by atoms with Gasteiger partial charge in [0.05, 0.1) is 0 Å². The van der Waals surface area contributed by atoms with Gasteiger partial charge in [0.1, 0.15) is 11.6 Å². The van der Waals surface area contributed by atoms with E-state index in [1.807, 2.05) is 30.3 Å². The van der Waals surface area contributed by atoms with Crippen molar-refractivity contribution in [3.8, 4) is 6.07 Å². The molecule has 0 atom stereocenters. The van der Waals surface area contributed by atoms with Crippen molar-refractivity contribution in [1.82, 2.24) is 5.32 Å². The van der Waals surface area contributed by atoms with Crippen LogP contribution in [0.2, 0.25) is 0 Å². The third-order valence-electron chi connectivity index (χ3n) is 2.92. The zero-order valence-corrected chi connectivity index (χ0v) is 13.1. The molecule has 0 fully saturated rings. The van der Waals surface area contributed by atoms with Gasteiger partial charge in [0.15, 0.2) is 0 Å². The first kappa shape index (κ1) is 17.1. The van der Waals surface area contributed by atoms with E-state index >= 15 is 0 Å². The summed E-state index contributed by atoms with van der Waals surface area (Å²) in [5.74, 6) is 0.553. The summed E-state index contributed by atoms with van der Waals surface area (Å²) in [5, 5.41) is 14.6. The zero-order valence-electron chi connectivity index (χ0n) is 12.3. The molecule has 0 aliphatic carbocycles. The van der Waals surface area contributed by atoms with Gasteiger partial charge in [0, 0.05) is 24.3 Å². The van der Waals surface area contributed by atoms with E-state index in [2.05, 4.69) is 24.5 Å². The second-order valence-electron chi connectivity index (χ2n) is 4.89. The van der Waals surface area contributed by atoms with Gasteiger partial charge >= 0.3 is 0 Å². The minimum atomic E-state index is -0.395. The predicted molar refractivity (Wildman–Crippen MR) is 86.2 cm³/mol. The predicted octanol–water partition coefficient (Wildman–Crippen LogP) is 3.37. The lowest BCUT2D eigenvalue weighted by Gasteiger charge is -2.07. The number of carbonyl (C=O) groups is 1. The average molecular weight is 306 g/mol. The Kier molecular flexibility index (Phi) is 7.34. The van der Waals surface area contributed by atoms with Gasteiger partial charge in [-0.3, -0.25) is 4.79 Å². The first-order chi connectivity index (χ1) is 10.1. The molecule has 0 aromatic heterocycles. The molecular formula is C16H20ClN3O. The van der Waals surface area contributed by atoms with Gasteiger partial charge in [-0.25, -0.2) is 0 Å². The minimum Gasteiger partial charge on any atom is -0.360 e. The van der Waals surface area contributed by atoms with E-state index in [0.717, 1.165) is 5.69 Å². The number of alkyl halides is 1. The molecule has 1 aromatic carbocycles. The van der Waals surface area contributed by atoms with Gasteiger partial charge in [0.25, 0.3) is 5.91 Å². The summed E-state index contributed by atoms with van der Waals surface area (Å²) in [4.78, 5) is 11.7. The smallest absolute Gasteiger partial charge is 0.263 e. The Bertz CT molecular complexity index is 529. The van der Waals surface area contributed by atoms with Crippen LogP contribution in [0.4, 0.5) is 5.69 Å². The first-order valence-electron chi connectivity index (χ1n) is 6.89. The molecule has 0 saturated heterocycles. The van der Waals surface area contributed by atoms with Gasteiger partial charge in [0.2, 0.25) is 0 Å². The summed E-state index contributed by atoms with van der Waals surface area (Å²) < 4.78 is 0. The highest BCUT2D eigenvalue weighted by molar-refractivity contribution is 6.17. The molecule has 1 aromatic rings. The van der Waals surface area contributed by atoms with Crippen molar-refractivity contribution in [2.75, 3.05) is 17.7 Å². The molecule has 0 heterocycles. The molecular weight excluding hydrogens is 286 g/mol. The van der Waals surface area contributed by atoms with Gasteiger partial charge in [-0.1, -0.05) is 26.0 Å². The Morgan fingerprint density at radius 1 is 1.38 bits per heavy atom. The van der Waals surface area contributed by atoms with Crippen molar-refractivity contribution >= 4 is 23.2 Å². The van der Waals surface area contributed by atoms with Gasteiger partial charge in [-0.2, -0.15) is 5.26 Å². The number of nitrogens with zero attached hydrogens (tertiary/aromatic N) is 1. The molecule has 0 spiro atoms. The van der Waals surface area contributed by atoms with Crippen LogP contribution >= 0.6 is 11.6 Å². The van der Waals surface area contributed by atoms with Crippen molar-refractivity contribution in [2.45, 2.75) is 26.2 Å². The largest absolute Gasteiger partial charge is 0.360 e. The maximum Gasteiger partial charge on any atom is 0.263 e. The number of amides is 1. The first-order valence-corrected chi connectivity index (χ1v) is 7.43.